The Labute approximate surface area is 111 Å². The van der Waals surface area contributed by atoms with Crippen molar-refractivity contribution in [2.75, 3.05) is 0 Å². The molecule has 0 saturated carbocycles. The summed E-state index contributed by atoms with van der Waals surface area (Å²) < 4.78 is 0. The van der Waals surface area contributed by atoms with Crippen LogP contribution in [0.25, 0.3) is 33.2 Å². The van der Waals surface area contributed by atoms with Crippen LogP contribution in [-0.4, -0.2) is 15.1 Å². The minimum Gasteiger partial charge on any atom is -0.267 e. The molecule has 1 heterocycles. The van der Waals surface area contributed by atoms with Crippen LogP contribution in [0.15, 0.2) is 41.2 Å². The van der Waals surface area contributed by atoms with Crippen molar-refractivity contribution in [2.45, 2.75) is 0 Å². The number of nitro groups is 1. The number of nitrogens with zero attached hydrogens (tertiary/aromatic N) is 2. The van der Waals surface area contributed by atoms with Gasteiger partial charge in [-0.15, -0.1) is 0 Å². The summed E-state index contributed by atoms with van der Waals surface area (Å²) in [5.41, 5.74) is 2.78. The number of nitrogens with one attached hydrogen (secondary N) is 1. The van der Waals surface area contributed by atoms with Crippen molar-refractivity contribution >= 4 is 16.5 Å². The lowest BCUT2D eigenvalue weighted by atomic mass is 10.0. The summed E-state index contributed by atoms with van der Waals surface area (Å²) in [6, 6.07) is 10.1. The van der Waals surface area contributed by atoms with Crippen molar-refractivity contribution in [3.05, 3.63) is 56.9 Å². The molecule has 20 heavy (non-hydrogen) atoms. The number of non-ortho nitro benzene ring substituents is 1. The zero-order valence-electron chi connectivity index (χ0n) is 10.1. The van der Waals surface area contributed by atoms with E-state index >= 15 is 0 Å². The number of fused-ring (bicyclic) bond motifs is 3. The lowest BCUT2D eigenvalue weighted by Crippen LogP contribution is -2.08. The first-order valence-electron chi connectivity index (χ1n) is 5.97. The maximum absolute atomic E-state index is 11.8. The fraction of sp³-hybridized carbons (Fsp3) is 0. The van der Waals surface area contributed by atoms with E-state index in [1.54, 1.807) is 18.2 Å². The average Bonchev–Trinajstić information content (AvgIpc) is 2.78. The maximum atomic E-state index is 11.8. The molecule has 0 bridgehead atoms. The third kappa shape index (κ3) is 1.22. The lowest BCUT2D eigenvalue weighted by molar-refractivity contribution is -0.384. The molecule has 0 fully saturated rings. The molecule has 0 saturated heterocycles. The van der Waals surface area contributed by atoms with Crippen molar-refractivity contribution < 1.29 is 4.92 Å². The first-order chi connectivity index (χ1) is 9.66. The van der Waals surface area contributed by atoms with E-state index in [4.69, 9.17) is 0 Å². The van der Waals surface area contributed by atoms with Gasteiger partial charge in [0, 0.05) is 23.1 Å². The van der Waals surface area contributed by atoms with Gasteiger partial charge in [0.1, 0.15) is 5.69 Å². The molecule has 1 aromatic heterocycles. The SMILES string of the molecule is O=c1[nH]nc2c3c(cccc13)-c1ccc([N+](=O)[O-])cc1-2. The van der Waals surface area contributed by atoms with E-state index in [9.17, 15) is 14.9 Å². The Bertz CT molecular complexity index is 960. The van der Waals surface area contributed by atoms with Gasteiger partial charge in [-0.2, -0.15) is 5.10 Å². The highest BCUT2D eigenvalue weighted by atomic mass is 16.6. The summed E-state index contributed by atoms with van der Waals surface area (Å²) in [4.78, 5) is 22.3. The lowest BCUT2D eigenvalue weighted by Gasteiger charge is -1.99. The predicted octanol–water partition coefficient (Wildman–Crippen LogP) is 2.48. The number of rotatable bonds is 1. The molecule has 1 aliphatic rings. The summed E-state index contributed by atoms with van der Waals surface area (Å²) >= 11 is 0. The van der Waals surface area contributed by atoms with Gasteiger partial charge in [0.25, 0.3) is 11.2 Å². The molecule has 0 spiro atoms. The molecule has 1 aliphatic carbocycles. The van der Waals surface area contributed by atoms with Crippen LogP contribution >= 0.6 is 0 Å². The van der Waals surface area contributed by atoms with Crippen LogP contribution in [0.1, 0.15) is 0 Å². The Kier molecular flexibility index (Phi) is 1.90. The second-order valence-electron chi connectivity index (χ2n) is 4.62. The zero-order chi connectivity index (χ0) is 13.9. The fourth-order valence-electron chi connectivity index (χ4n) is 2.72. The maximum Gasteiger partial charge on any atom is 0.272 e. The highest BCUT2D eigenvalue weighted by Gasteiger charge is 2.25. The van der Waals surface area contributed by atoms with Gasteiger partial charge in [-0.25, -0.2) is 5.10 Å². The van der Waals surface area contributed by atoms with Crippen LogP contribution in [0, 0.1) is 10.1 Å². The summed E-state index contributed by atoms with van der Waals surface area (Å²) in [6.07, 6.45) is 0. The average molecular weight is 265 g/mol. The van der Waals surface area contributed by atoms with Crippen molar-refractivity contribution in [3.8, 4) is 22.4 Å². The quantitative estimate of drug-likeness (QED) is 0.423. The molecule has 6 nitrogen and oxygen atoms in total. The summed E-state index contributed by atoms with van der Waals surface area (Å²) in [5, 5.41) is 18.7. The zero-order valence-corrected chi connectivity index (χ0v) is 10.1. The molecule has 3 aromatic rings. The topological polar surface area (TPSA) is 88.9 Å². The van der Waals surface area contributed by atoms with Crippen LogP contribution < -0.4 is 5.56 Å². The van der Waals surface area contributed by atoms with Gasteiger partial charge in [0.15, 0.2) is 0 Å². The molecule has 0 aliphatic heterocycles. The minimum atomic E-state index is -0.438. The number of H-pyrrole nitrogens is 1. The van der Waals surface area contributed by atoms with Crippen LogP contribution in [0.2, 0.25) is 0 Å². The Morgan fingerprint density at radius 3 is 2.75 bits per heavy atom. The van der Waals surface area contributed by atoms with E-state index in [0.29, 0.717) is 16.6 Å². The number of nitro benzene ring substituents is 1. The first-order valence-corrected chi connectivity index (χ1v) is 5.97. The van der Waals surface area contributed by atoms with E-state index in [1.165, 1.54) is 12.1 Å². The van der Waals surface area contributed by atoms with Crippen molar-refractivity contribution in [2.24, 2.45) is 0 Å². The molecule has 6 heteroatoms. The normalized spacial score (nSPS) is 11.6. The fourth-order valence-corrected chi connectivity index (χ4v) is 2.72. The van der Waals surface area contributed by atoms with Crippen LogP contribution in [-0.2, 0) is 0 Å². The standard InChI is InChI=1S/C14H7N3O3/c18-14-10-3-1-2-9-8-5-4-7(17(19)20)6-11(8)13(12(9)10)15-16-14/h1-6H,(H,16,18). The molecule has 0 radical (unpaired) electrons. The Balaban J connectivity index is 2.18. The van der Waals surface area contributed by atoms with E-state index in [-0.39, 0.29) is 11.2 Å². The molecule has 0 atom stereocenters. The second-order valence-corrected chi connectivity index (χ2v) is 4.62. The van der Waals surface area contributed by atoms with Gasteiger partial charge < -0.3 is 0 Å². The van der Waals surface area contributed by atoms with Gasteiger partial charge in [-0.05, 0) is 23.3 Å². The molecular weight excluding hydrogens is 258 g/mol. The van der Waals surface area contributed by atoms with Crippen molar-refractivity contribution in [1.29, 1.82) is 0 Å². The van der Waals surface area contributed by atoms with Gasteiger partial charge in [0.05, 0.1) is 10.3 Å². The number of hydrogen-bond donors (Lipinski definition) is 1. The molecule has 0 amide bonds. The summed E-state index contributed by atoms with van der Waals surface area (Å²) in [5.74, 6) is 0. The third-order valence-corrected chi connectivity index (χ3v) is 3.57. The van der Waals surface area contributed by atoms with E-state index in [0.717, 1.165) is 16.5 Å². The van der Waals surface area contributed by atoms with Gasteiger partial charge in [-0.3, -0.25) is 14.9 Å². The Morgan fingerprint density at radius 1 is 1.10 bits per heavy atom. The smallest absolute Gasteiger partial charge is 0.267 e. The van der Waals surface area contributed by atoms with Gasteiger partial charge in [0.2, 0.25) is 0 Å². The number of aromatic amines is 1. The van der Waals surface area contributed by atoms with Gasteiger partial charge >= 0.3 is 0 Å². The monoisotopic (exact) mass is 265 g/mol. The third-order valence-electron chi connectivity index (χ3n) is 3.57. The molecule has 96 valence electrons. The Morgan fingerprint density at radius 2 is 1.95 bits per heavy atom. The summed E-state index contributed by atoms with van der Waals surface area (Å²) in [6.45, 7) is 0. The number of benzene rings is 2. The molecule has 1 N–H and O–H groups in total. The van der Waals surface area contributed by atoms with Crippen LogP contribution in [0.3, 0.4) is 0 Å². The van der Waals surface area contributed by atoms with Crippen LogP contribution in [0.4, 0.5) is 5.69 Å². The van der Waals surface area contributed by atoms with E-state index in [2.05, 4.69) is 10.2 Å². The summed E-state index contributed by atoms with van der Waals surface area (Å²) in [7, 11) is 0. The second kappa shape index (κ2) is 3.51. The van der Waals surface area contributed by atoms with Crippen molar-refractivity contribution in [1.82, 2.24) is 10.2 Å². The van der Waals surface area contributed by atoms with E-state index < -0.39 is 4.92 Å². The molecule has 4 rings (SSSR count). The predicted molar refractivity (Wildman–Crippen MR) is 73.4 cm³/mol. The highest BCUT2D eigenvalue weighted by molar-refractivity contribution is 6.13. The minimum absolute atomic E-state index is 0.0118. The van der Waals surface area contributed by atoms with Crippen LogP contribution in [0.5, 0.6) is 0 Å². The highest BCUT2D eigenvalue weighted by Crippen LogP contribution is 2.45. The molecular formula is C14H7N3O3. The largest absolute Gasteiger partial charge is 0.272 e. The van der Waals surface area contributed by atoms with E-state index in [1.807, 2.05) is 6.07 Å². The molecule has 2 aromatic carbocycles. The first kappa shape index (κ1) is 10.9. The molecule has 0 unspecified atom stereocenters. The van der Waals surface area contributed by atoms with Gasteiger partial charge in [-0.1, -0.05) is 12.1 Å². The number of aromatic nitrogens is 2. The Hall–Kier alpha value is -3.02. The number of hydrogen-bond acceptors (Lipinski definition) is 4. The van der Waals surface area contributed by atoms with Crippen molar-refractivity contribution in [3.63, 3.8) is 0 Å².